The molecule has 2 aromatic rings. The minimum absolute atomic E-state index is 0.0508. The molecule has 6 heteroatoms. The van der Waals surface area contributed by atoms with Crippen molar-refractivity contribution in [2.45, 2.75) is 13.0 Å². The van der Waals surface area contributed by atoms with Crippen LogP contribution in [0.3, 0.4) is 0 Å². The Morgan fingerprint density at radius 2 is 1.71 bits per heavy atom. The number of halogens is 3. The molecule has 0 fully saturated rings. The molecule has 3 N–H and O–H groups in total. The van der Waals surface area contributed by atoms with Crippen molar-refractivity contribution in [3.8, 4) is 0 Å². The fraction of sp³-hybridized carbons (Fsp3) is 0.133. The second-order valence-corrected chi connectivity index (χ2v) is 5.47. The first-order valence-electron chi connectivity index (χ1n) is 6.19. The first-order valence-corrected chi connectivity index (χ1v) is 6.98. The van der Waals surface area contributed by atoms with Gasteiger partial charge in [0.05, 0.1) is 0 Å². The van der Waals surface area contributed by atoms with E-state index in [2.05, 4.69) is 5.32 Å². The molecule has 0 amide bonds. The van der Waals surface area contributed by atoms with Gasteiger partial charge in [-0.15, -0.1) is 0 Å². The van der Waals surface area contributed by atoms with Crippen LogP contribution in [0.15, 0.2) is 36.4 Å². The van der Waals surface area contributed by atoms with Crippen LogP contribution >= 0.6 is 23.8 Å². The molecule has 2 aromatic carbocycles. The second-order valence-electron chi connectivity index (χ2n) is 4.60. The van der Waals surface area contributed by atoms with Crippen molar-refractivity contribution < 1.29 is 8.78 Å². The molecular formula is C15H13ClF2N2S. The van der Waals surface area contributed by atoms with Crippen LogP contribution in [0.1, 0.15) is 24.1 Å². The molecule has 2 rings (SSSR count). The van der Waals surface area contributed by atoms with Gasteiger partial charge in [0.2, 0.25) is 0 Å². The van der Waals surface area contributed by atoms with Gasteiger partial charge >= 0.3 is 0 Å². The van der Waals surface area contributed by atoms with Gasteiger partial charge in [-0.1, -0.05) is 36.0 Å². The Kier molecular flexibility index (Phi) is 4.75. The standard InChI is InChI=1S/C15H13ClF2N2S/c1-8(9-2-4-11(16)5-3-9)20-14-12(17)6-10(15(19)21)7-13(14)18/h2-8,20H,1H3,(H2,19,21). The lowest BCUT2D eigenvalue weighted by Gasteiger charge is -2.17. The van der Waals surface area contributed by atoms with E-state index in [1.54, 1.807) is 31.2 Å². The van der Waals surface area contributed by atoms with Crippen molar-refractivity contribution in [2.24, 2.45) is 5.73 Å². The van der Waals surface area contributed by atoms with E-state index in [0.29, 0.717) is 5.02 Å². The zero-order chi connectivity index (χ0) is 15.6. The average molecular weight is 327 g/mol. The Labute approximate surface area is 131 Å². The third kappa shape index (κ3) is 3.68. The number of nitrogens with one attached hydrogen (secondary N) is 1. The van der Waals surface area contributed by atoms with E-state index >= 15 is 0 Å². The van der Waals surface area contributed by atoms with Crippen LogP contribution in [0, 0.1) is 11.6 Å². The summed E-state index contributed by atoms with van der Waals surface area (Å²) in [5.41, 5.74) is 6.18. The van der Waals surface area contributed by atoms with Gasteiger partial charge in [-0.05, 0) is 36.8 Å². The molecule has 110 valence electrons. The van der Waals surface area contributed by atoms with E-state index in [-0.39, 0.29) is 22.3 Å². The summed E-state index contributed by atoms with van der Waals surface area (Å²) >= 11 is 10.5. The smallest absolute Gasteiger partial charge is 0.150 e. The molecule has 1 unspecified atom stereocenters. The van der Waals surface area contributed by atoms with E-state index in [9.17, 15) is 8.78 Å². The highest BCUT2D eigenvalue weighted by atomic mass is 35.5. The van der Waals surface area contributed by atoms with Crippen LogP contribution in [-0.2, 0) is 0 Å². The van der Waals surface area contributed by atoms with Gasteiger partial charge in [0.15, 0.2) is 0 Å². The predicted molar refractivity (Wildman–Crippen MR) is 85.7 cm³/mol. The number of nitrogens with two attached hydrogens (primary N) is 1. The maximum absolute atomic E-state index is 14.0. The van der Waals surface area contributed by atoms with E-state index < -0.39 is 11.6 Å². The predicted octanol–water partition coefficient (Wildman–Crippen LogP) is 4.43. The molecule has 0 radical (unpaired) electrons. The minimum atomic E-state index is -0.737. The van der Waals surface area contributed by atoms with Crippen molar-refractivity contribution in [2.75, 3.05) is 5.32 Å². The number of anilines is 1. The molecule has 1 atom stereocenters. The molecule has 21 heavy (non-hydrogen) atoms. The normalized spacial score (nSPS) is 12.0. The monoisotopic (exact) mass is 326 g/mol. The molecule has 0 aliphatic carbocycles. The van der Waals surface area contributed by atoms with Crippen LogP contribution in [0.2, 0.25) is 5.02 Å². The molecule has 2 nitrogen and oxygen atoms in total. The van der Waals surface area contributed by atoms with E-state index in [4.69, 9.17) is 29.6 Å². The topological polar surface area (TPSA) is 38.0 Å². The molecule has 0 aliphatic rings. The molecule has 0 aliphatic heterocycles. The molecule has 0 spiro atoms. The summed E-state index contributed by atoms with van der Waals surface area (Å²) in [6, 6.07) is 8.96. The van der Waals surface area contributed by atoms with Gasteiger partial charge in [-0.3, -0.25) is 0 Å². The molecule has 0 saturated heterocycles. The highest BCUT2D eigenvalue weighted by molar-refractivity contribution is 7.80. The number of thiocarbonyl (C=S) groups is 1. The maximum Gasteiger partial charge on any atom is 0.150 e. The summed E-state index contributed by atoms with van der Waals surface area (Å²) in [5.74, 6) is -1.47. The highest BCUT2D eigenvalue weighted by Gasteiger charge is 2.15. The summed E-state index contributed by atoms with van der Waals surface area (Å²) in [5, 5.41) is 3.40. The molecule has 0 heterocycles. The zero-order valence-electron chi connectivity index (χ0n) is 11.2. The summed E-state index contributed by atoms with van der Waals surface area (Å²) < 4.78 is 27.9. The van der Waals surface area contributed by atoms with Gasteiger partial charge in [-0.25, -0.2) is 8.78 Å². The zero-order valence-corrected chi connectivity index (χ0v) is 12.7. The number of hydrogen-bond donors (Lipinski definition) is 2. The third-order valence-electron chi connectivity index (χ3n) is 3.06. The lowest BCUT2D eigenvalue weighted by Crippen LogP contribution is -2.13. The molecular weight excluding hydrogens is 314 g/mol. The first kappa shape index (κ1) is 15.7. The Balaban J connectivity index is 2.27. The maximum atomic E-state index is 14.0. The fourth-order valence-electron chi connectivity index (χ4n) is 1.90. The number of benzene rings is 2. The fourth-order valence-corrected chi connectivity index (χ4v) is 2.15. The summed E-state index contributed by atoms with van der Waals surface area (Å²) in [4.78, 5) is -0.0508. The molecule has 0 bridgehead atoms. The summed E-state index contributed by atoms with van der Waals surface area (Å²) in [6.07, 6.45) is 0. The minimum Gasteiger partial charge on any atom is -0.389 e. The van der Waals surface area contributed by atoms with Gasteiger partial charge in [0, 0.05) is 16.6 Å². The largest absolute Gasteiger partial charge is 0.389 e. The number of rotatable bonds is 4. The molecule has 0 aromatic heterocycles. The van der Waals surface area contributed by atoms with E-state index in [1.807, 2.05) is 0 Å². The van der Waals surface area contributed by atoms with Crippen molar-refractivity contribution in [1.82, 2.24) is 0 Å². The lowest BCUT2D eigenvalue weighted by atomic mass is 10.1. The van der Waals surface area contributed by atoms with Gasteiger partial charge < -0.3 is 11.1 Å². The first-order chi connectivity index (χ1) is 9.88. The Bertz CT molecular complexity index is 651. The van der Waals surface area contributed by atoms with Crippen LogP contribution in [-0.4, -0.2) is 4.99 Å². The van der Waals surface area contributed by atoms with E-state index in [1.165, 1.54) is 0 Å². The van der Waals surface area contributed by atoms with Gasteiger partial charge in [0.25, 0.3) is 0 Å². The average Bonchev–Trinajstić information content (AvgIpc) is 2.43. The van der Waals surface area contributed by atoms with Crippen LogP contribution < -0.4 is 11.1 Å². The van der Waals surface area contributed by atoms with E-state index in [0.717, 1.165) is 17.7 Å². The summed E-state index contributed by atoms with van der Waals surface area (Å²) in [6.45, 7) is 1.80. The lowest BCUT2D eigenvalue weighted by molar-refractivity contribution is 0.584. The third-order valence-corrected chi connectivity index (χ3v) is 3.55. The van der Waals surface area contributed by atoms with Gasteiger partial charge in [-0.2, -0.15) is 0 Å². The molecule has 0 saturated carbocycles. The summed E-state index contributed by atoms with van der Waals surface area (Å²) in [7, 11) is 0. The van der Waals surface area contributed by atoms with Crippen LogP contribution in [0.5, 0.6) is 0 Å². The van der Waals surface area contributed by atoms with Crippen molar-refractivity contribution in [3.05, 3.63) is 64.2 Å². The van der Waals surface area contributed by atoms with Crippen molar-refractivity contribution in [3.63, 3.8) is 0 Å². The highest BCUT2D eigenvalue weighted by Crippen LogP contribution is 2.26. The van der Waals surface area contributed by atoms with Crippen molar-refractivity contribution in [1.29, 1.82) is 0 Å². The Hall–Kier alpha value is -1.72. The SMILES string of the molecule is CC(Nc1c(F)cc(C(N)=S)cc1F)c1ccc(Cl)cc1. The Morgan fingerprint density at radius 1 is 1.19 bits per heavy atom. The van der Waals surface area contributed by atoms with Crippen molar-refractivity contribution >= 4 is 34.5 Å². The van der Waals surface area contributed by atoms with Crippen LogP contribution in [0.4, 0.5) is 14.5 Å². The quantitative estimate of drug-likeness (QED) is 0.816. The Morgan fingerprint density at radius 3 is 2.19 bits per heavy atom. The number of hydrogen-bond acceptors (Lipinski definition) is 2. The van der Waals surface area contributed by atoms with Crippen LogP contribution in [0.25, 0.3) is 0 Å². The second kappa shape index (κ2) is 6.37. The van der Waals surface area contributed by atoms with Gasteiger partial charge in [0.1, 0.15) is 22.3 Å².